The van der Waals surface area contributed by atoms with E-state index in [0.29, 0.717) is 0 Å². The lowest BCUT2D eigenvalue weighted by molar-refractivity contribution is -0.142. The molecule has 0 bridgehead atoms. The highest BCUT2D eigenvalue weighted by molar-refractivity contribution is 5.81. The first-order valence-corrected chi connectivity index (χ1v) is 4.11. The summed E-state index contributed by atoms with van der Waals surface area (Å²) < 4.78 is 0. The SMILES string of the molecule is CC(C)(C(=O)O)c1ccc(O)cc1O. The third-order valence-corrected chi connectivity index (χ3v) is 2.19. The molecule has 0 radical (unpaired) electrons. The average molecular weight is 196 g/mol. The van der Waals surface area contributed by atoms with Crippen LogP contribution in [0.4, 0.5) is 0 Å². The van der Waals surface area contributed by atoms with Crippen LogP contribution in [0.25, 0.3) is 0 Å². The lowest BCUT2D eigenvalue weighted by atomic mass is 9.84. The summed E-state index contributed by atoms with van der Waals surface area (Å²) >= 11 is 0. The Bertz CT molecular complexity index is 368. The molecule has 0 amide bonds. The van der Waals surface area contributed by atoms with E-state index in [4.69, 9.17) is 10.2 Å². The lowest BCUT2D eigenvalue weighted by Crippen LogP contribution is -2.28. The van der Waals surface area contributed by atoms with E-state index < -0.39 is 11.4 Å². The molecule has 1 aromatic rings. The van der Waals surface area contributed by atoms with Crippen LogP contribution in [0.1, 0.15) is 19.4 Å². The number of aliphatic carboxylic acids is 1. The number of carboxylic acids is 1. The maximum atomic E-state index is 10.9. The Morgan fingerprint density at radius 1 is 1.29 bits per heavy atom. The fourth-order valence-corrected chi connectivity index (χ4v) is 1.16. The van der Waals surface area contributed by atoms with Gasteiger partial charge in [0, 0.05) is 11.6 Å². The molecule has 0 aliphatic rings. The maximum Gasteiger partial charge on any atom is 0.313 e. The van der Waals surface area contributed by atoms with Crippen molar-refractivity contribution in [2.24, 2.45) is 0 Å². The summed E-state index contributed by atoms with van der Waals surface area (Å²) in [6.07, 6.45) is 0. The van der Waals surface area contributed by atoms with Crippen molar-refractivity contribution in [1.82, 2.24) is 0 Å². The van der Waals surface area contributed by atoms with Gasteiger partial charge in [0.15, 0.2) is 0 Å². The second-order valence-electron chi connectivity index (χ2n) is 3.63. The highest BCUT2D eigenvalue weighted by Gasteiger charge is 2.31. The lowest BCUT2D eigenvalue weighted by Gasteiger charge is -2.20. The normalized spacial score (nSPS) is 11.3. The Morgan fingerprint density at radius 2 is 1.86 bits per heavy atom. The Labute approximate surface area is 81.4 Å². The third-order valence-electron chi connectivity index (χ3n) is 2.19. The predicted molar refractivity (Wildman–Crippen MR) is 50.4 cm³/mol. The van der Waals surface area contributed by atoms with Crippen molar-refractivity contribution in [2.75, 3.05) is 0 Å². The molecule has 1 aromatic carbocycles. The zero-order valence-corrected chi connectivity index (χ0v) is 7.98. The molecular weight excluding hydrogens is 184 g/mol. The minimum atomic E-state index is -1.17. The Hall–Kier alpha value is -1.71. The van der Waals surface area contributed by atoms with E-state index in [1.54, 1.807) is 0 Å². The number of hydrogen-bond donors (Lipinski definition) is 3. The zero-order chi connectivity index (χ0) is 10.9. The molecule has 76 valence electrons. The molecular formula is C10H12O4. The van der Waals surface area contributed by atoms with Crippen molar-refractivity contribution < 1.29 is 20.1 Å². The first-order chi connectivity index (χ1) is 6.35. The Kier molecular flexibility index (Phi) is 2.38. The fourth-order valence-electron chi connectivity index (χ4n) is 1.16. The molecule has 0 fully saturated rings. The summed E-state index contributed by atoms with van der Waals surface area (Å²) in [5.41, 5.74) is -0.888. The number of carboxylic acid groups (broad SMARTS) is 1. The van der Waals surface area contributed by atoms with Gasteiger partial charge in [-0.2, -0.15) is 0 Å². The minimum absolute atomic E-state index is 0.0903. The maximum absolute atomic E-state index is 10.9. The van der Waals surface area contributed by atoms with Crippen molar-refractivity contribution in [1.29, 1.82) is 0 Å². The molecule has 0 atom stereocenters. The van der Waals surface area contributed by atoms with E-state index >= 15 is 0 Å². The van der Waals surface area contributed by atoms with Crippen LogP contribution in [-0.4, -0.2) is 21.3 Å². The number of carbonyl (C=O) groups is 1. The second kappa shape index (κ2) is 3.21. The van der Waals surface area contributed by atoms with Crippen molar-refractivity contribution in [3.63, 3.8) is 0 Å². The van der Waals surface area contributed by atoms with Crippen molar-refractivity contribution in [3.8, 4) is 11.5 Å². The first kappa shape index (κ1) is 10.4. The van der Waals surface area contributed by atoms with E-state index in [0.717, 1.165) is 6.07 Å². The highest BCUT2D eigenvalue weighted by Crippen LogP contribution is 2.33. The van der Waals surface area contributed by atoms with E-state index in [-0.39, 0.29) is 17.1 Å². The molecule has 0 aliphatic carbocycles. The third kappa shape index (κ3) is 1.64. The zero-order valence-electron chi connectivity index (χ0n) is 7.98. The Balaban J connectivity index is 3.26. The molecule has 3 N–H and O–H groups in total. The minimum Gasteiger partial charge on any atom is -0.508 e. The topological polar surface area (TPSA) is 77.8 Å². The van der Waals surface area contributed by atoms with Gasteiger partial charge in [-0.15, -0.1) is 0 Å². The van der Waals surface area contributed by atoms with Crippen LogP contribution in [0.15, 0.2) is 18.2 Å². The smallest absolute Gasteiger partial charge is 0.313 e. The quantitative estimate of drug-likeness (QED) is 0.669. The number of rotatable bonds is 2. The van der Waals surface area contributed by atoms with Gasteiger partial charge in [-0.3, -0.25) is 4.79 Å². The van der Waals surface area contributed by atoms with Gasteiger partial charge in [0.25, 0.3) is 0 Å². The van der Waals surface area contributed by atoms with Crippen LogP contribution >= 0.6 is 0 Å². The standard InChI is InChI=1S/C10H12O4/c1-10(2,9(13)14)7-4-3-6(11)5-8(7)12/h3-5,11-12H,1-2H3,(H,13,14). The summed E-state index contributed by atoms with van der Waals surface area (Å²) in [4.78, 5) is 10.9. The molecule has 0 spiro atoms. The fraction of sp³-hybridized carbons (Fsp3) is 0.300. The molecule has 1 rings (SSSR count). The first-order valence-electron chi connectivity index (χ1n) is 4.11. The van der Waals surface area contributed by atoms with Gasteiger partial charge in [-0.1, -0.05) is 6.07 Å². The summed E-state index contributed by atoms with van der Waals surface area (Å²) in [6.45, 7) is 2.98. The van der Waals surface area contributed by atoms with Gasteiger partial charge in [0.05, 0.1) is 5.41 Å². The molecule has 0 aliphatic heterocycles. The number of benzene rings is 1. The number of phenolic OH excluding ortho intramolecular Hbond substituents is 2. The van der Waals surface area contributed by atoms with Gasteiger partial charge in [0.2, 0.25) is 0 Å². The van der Waals surface area contributed by atoms with Gasteiger partial charge in [-0.25, -0.2) is 0 Å². The number of aromatic hydroxyl groups is 2. The number of phenols is 2. The monoisotopic (exact) mass is 196 g/mol. The van der Waals surface area contributed by atoms with Gasteiger partial charge >= 0.3 is 5.97 Å². The molecule has 0 saturated carbocycles. The van der Waals surface area contributed by atoms with Crippen LogP contribution in [0.3, 0.4) is 0 Å². The van der Waals surface area contributed by atoms with Gasteiger partial charge in [-0.05, 0) is 19.9 Å². The predicted octanol–water partition coefficient (Wildman–Crippen LogP) is 1.46. The molecule has 4 heteroatoms. The van der Waals surface area contributed by atoms with Gasteiger partial charge < -0.3 is 15.3 Å². The van der Waals surface area contributed by atoms with Crippen LogP contribution in [0.5, 0.6) is 11.5 Å². The van der Waals surface area contributed by atoms with Crippen molar-refractivity contribution >= 4 is 5.97 Å². The van der Waals surface area contributed by atoms with Crippen LogP contribution < -0.4 is 0 Å². The van der Waals surface area contributed by atoms with Crippen LogP contribution in [0.2, 0.25) is 0 Å². The molecule has 4 nitrogen and oxygen atoms in total. The van der Waals surface area contributed by atoms with Crippen molar-refractivity contribution in [2.45, 2.75) is 19.3 Å². The average Bonchev–Trinajstić information content (AvgIpc) is 2.02. The Morgan fingerprint density at radius 3 is 2.29 bits per heavy atom. The number of hydrogen-bond acceptors (Lipinski definition) is 3. The van der Waals surface area contributed by atoms with Crippen LogP contribution in [0, 0.1) is 0 Å². The van der Waals surface area contributed by atoms with E-state index in [1.165, 1.54) is 26.0 Å². The summed E-state index contributed by atoms with van der Waals surface area (Å²) in [5, 5.41) is 27.4. The molecule has 14 heavy (non-hydrogen) atoms. The largest absolute Gasteiger partial charge is 0.508 e. The summed E-state index contributed by atoms with van der Waals surface area (Å²) in [5.74, 6) is -1.33. The molecule has 0 unspecified atom stereocenters. The molecule has 0 heterocycles. The summed E-state index contributed by atoms with van der Waals surface area (Å²) in [6, 6.07) is 3.87. The second-order valence-corrected chi connectivity index (χ2v) is 3.63. The van der Waals surface area contributed by atoms with E-state index in [9.17, 15) is 9.90 Å². The van der Waals surface area contributed by atoms with Crippen LogP contribution in [-0.2, 0) is 10.2 Å². The van der Waals surface area contributed by atoms with E-state index in [2.05, 4.69) is 0 Å². The van der Waals surface area contributed by atoms with Crippen molar-refractivity contribution in [3.05, 3.63) is 23.8 Å². The highest BCUT2D eigenvalue weighted by atomic mass is 16.4. The summed E-state index contributed by atoms with van der Waals surface area (Å²) in [7, 11) is 0. The molecule has 0 saturated heterocycles. The van der Waals surface area contributed by atoms with E-state index in [1.807, 2.05) is 0 Å². The molecule has 0 aromatic heterocycles. The van der Waals surface area contributed by atoms with Gasteiger partial charge in [0.1, 0.15) is 11.5 Å².